The van der Waals surface area contributed by atoms with Crippen molar-refractivity contribution in [3.63, 3.8) is 0 Å². The minimum absolute atomic E-state index is 0.121. The molecule has 1 aliphatic rings. The number of rotatable bonds is 3. The normalized spacial score (nSPS) is 27.6. The Morgan fingerprint density at radius 1 is 1.50 bits per heavy atom. The van der Waals surface area contributed by atoms with Crippen LogP contribution in [0.4, 0.5) is 0 Å². The second-order valence-electron chi connectivity index (χ2n) is 4.71. The Bertz CT molecular complexity index is 284. The summed E-state index contributed by atoms with van der Waals surface area (Å²) in [4.78, 5) is 16.1. The van der Waals surface area contributed by atoms with Crippen molar-refractivity contribution in [2.75, 3.05) is 26.7 Å². The minimum Gasteiger partial charge on any atom is -0.341 e. The van der Waals surface area contributed by atoms with E-state index in [1.165, 1.54) is 0 Å². The topological polar surface area (TPSA) is 47.3 Å². The van der Waals surface area contributed by atoms with Crippen LogP contribution in [0.1, 0.15) is 26.7 Å². The van der Waals surface area contributed by atoms with E-state index in [1.807, 2.05) is 16.8 Å². The molecule has 0 radical (unpaired) electrons. The average Bonchev–Trinajstić information content (AvgIpc) is 2.31. The van der Waals surface area contributed by atoms with Crippen molar-refractivity contribution in [1.82, 2.24) is 9.80 Å². The number of amides is 1. The van der Waals surface area contributed by atoms with Gasteiger partial charge in [0.1, 0.15) is 6.04 Å². The number of carbonyl (C=O) groups excluding carboxylic acids is 1. The fourth-order valence-corrected chi connectivity index (χ4v) is 2.34. The summed E-state index contributed by atoms with van der Waals surface area (Å²) in [5, 5.41) is 8.78. The highest BCUT2D eigenvalue weighted by Gasteiger charge is 2.32. The van der Waals surface area contributed by atoms with Gasteiger partial charge in [0.25, 0.3) is 0 Å². The maximum atomic E-state index is 12.2. The van der Waals surface area contributed by atoms with Crippen LogP contribution in [-0.4, -0.2) is 48.4 Å². The molecule has 0 N–H and O–H groups in total. The van der Waals surface area contributed by atoms with Gasteiger partial charge in [0.05, 0.1) is 12.5 Å². The lowest BCUT2D eigenvalue weighted by Crippen LogP contribution is -2.44. The molecule has 0 aromatic rings. The summed E-state index contributed by atoms with van der Waals surface area (Å²) in [6, 6.07) is 1.87. The van der Waals surface area contributed by atoms with Gasteiger partial charge in [-0.25, -0.2) is 0 Å². The van der Waals surface area contributed by atoms with Crippen molar-refractivity contribution >= 4 is 5.91 Å². The highest BCUT2D eigenvalue weighted by Crippen LogP contribution is 2.16. The summed E-state index contributed by atoms with van der Waals surface area (Å²) < 4.78 is 0. The van der Waals surface area contributed by atoms with E-state index >= 15 is 0 Å². The predicted octanol–water partition coefficient (Wildman–Crippen LogP) is 1.09. The van der Waals surface area contributed by atoms with E-state index in [0.717, 1.165) is 26.1 Å². The first-order valence-corrected chi connectivity index (χ1v) is 5.96. The number of nitriles is 1. The molecule has 0 aromatic heterocycles. The highest BCUT2D eigenvalue weighted by atomic mass is 16.2. The zero-order valence-corrected chi connectivity index (χ0v) is 10.4. The monoisotopic (exact) mass is 223 g/mol. The molecule has 0 bridgehead atoms. The maximum absolute atomic E-state index is 12.2. The molecule has 4 heteroatoms. The Morgan fingerprint density at radius 2 is 2.19 bits per heavy atom. The molecule has 0 saturated carbocycles. The summed E-state index contributed by atoms with van der Waals surface area (Å²) >= 11 is 0. The largest absolute Gasteiger partial charge is 0.341 e. The van der Waals surface area contributed by atoms with Crippen LogP contribution in [-0.2, 0) is 4.79 Å². The average molecular weight is 223 g/mol. The van der Waals surface area contributed by atoms with Crippen LogP contribution < -0.4 is 0 Å². The van der Waals surface area contributed by atoms with E-state index in [-0.39, 0.29) is 11.9 Å². The molecule has 1 saturated heterocycles. The SMILES string of the molecule is CCCN1CC(C)CN(C)C(CC#N)C1=O. The van der Waals surface area contributed by atoms with Gasteiger partial charge in [-0.1, -0.05) is 13.8 Å². The first kappa shape index (κ1) is 13.0. The first-order chi connectivity index (χ1) is 7.60. The lowest BCUT2D eigenvalue weighted by molar-refractivity contribution is -0.135. The van der Waals surface area contributed by atoms with Gasteiger partial charge in [0, 0.05) is 19.6 Å². The molecule has 4 nitrogen and oxygen atoms in total. The zero-order valence-electron chi connectivity index (χ0n) is 10.4. The smallest absolute Gasteiger partial charge is 0.240 e. The van der Waals surface area contributed by atoms with Crippen LogP contribution in [0.25, 0.3) is 0 Å². The summed E-state index contributed by atoms with van der Waals surface area (Å²) in [6.45, 7) is 6.74. The van der Waals surface area contributed by atoms with Crippen molar-refractivity contribution < 1.29 is 4.79 Å². The fourth-order valence-electron chi connectivity index (χ4n) is 2.34. The lowest BCUT2D eigenvalue weighted by Gasteiger charge is -2.26. The van der Waals surface area contributed by atoms with Gasteiger partial charge in [0.15, 0.2) is 0 Å². The second-order valence-corrected chi connectivity index (χ2v) is 4.71. The third kappa shape index (κ3) is 2.96. The molecular weight excluding hydrogens is 202 g/mol. The van der Waals surface area contributed by atoms with E-state index in [1.54, 1.807) is 0 Å². The van der Waals surface area contributed by atoms with Crippen LogP contribution in [0, 0.1) is 17.2 Å². The summed E-state index contributed by atoms with van der Waals surface area (Å²) in [5.74, 6) is 0.597. The molecule has 2 atom stereocenters. The molecule has 1 rings (SSSR count). The summed E-state index contributed by atoms with van der Waals surface area (Å²) in [5.41, 5.74) is 0. The van der Waals surface area contributed by atoms with Crippen LogP contribution in [0.2, 0.25) is 0 Å². The van der Waals surface area contributed by atoms with Gasteiger partial charge in [-0.3, -0.25) is 9.69 Å². The quantitative estimate of drug-likeness (QED) is 0.719. The molecule has 0 aliphatic carbocycles. The molecule has 1 heterocycles. The van der Waals surface area contributed by atoms with Crippen molar-refractivity contribution in [3.05, 3.63) is 0 Å². The number of nitrogens with zero attached hydrogens (tertiary/aromatic N) is 3. The minimum atomic E-state index is -0.249. The molecule has 1 amide bonds. The zero-order chi connectivity index (χ0) is 12.1. The van der Waals surface area contributed by atoms with Crippen molar-refractivity contribution in [3.8, 4) is 6.07 Å². The van der Waals surface area contributed by atoms with Crippen LogP contribution >= 0.6 is 0 Å². The van der Waals surface area contributed by atoms with Crippen molar-refractivity contribution in [1.29, 1.82) is 5.26 Å². The number of hydrogen-bond donors (Lipinski definition) is 0. The van der Waals surface area contributed by atoms with Crippen LogP contribution in [0.5, 0.6) is 0 Å². The van der Waals surface area contributed by atoms with Gasteiger partial charge in [-0.15, -0.1) is 0 Å². The summed E-state index contributed by atoms with van der Waals surface area (Å²) in [6.07, 6.45) is 1.27. The summed E-state index contributed by atoms with van der Waals surface area (Å²) in [7, 11) is 1.94. The van der Waals surface area contributed by atoms with Crippen molar-refractivity contribution in [2.45, 2.75) is 32.7 Å². The maximum Gasteiger partial charge on any atom is 0.240 e. The van der Waals surface area contributed by atoms with Gasteiger partial charge in [-0.2, -0.15) is 5.26 Å². The molecule has 90 valence electrons. The number of likely N-dealkylation sites (N-methyl/N-ethyl adjacent to an activating group) is 1. The van der Waals surface area contributed by atoms with E-state index in [4.69, 9.17) is 5.26 Å². The second kappa shape index (κ2) is 5.86. The predicted molar refractivity (Wildman–Crippen MR) is 62.7 cm³/mol. The van der Waals surface area contributed by atoms with E-state index in [2.05, 4.69) is 19.9 Å². The third-order valence-electron chi connectivity index (χ3n) is 3.04. The van der Waals surface area contributed by atoms with E-state index in [9.17, 15) is 4.79 Å². The van der Waals surface area contributed by atoms with Gasteiger partial charge < -0.3 is 4.90 Å². The van der Waals surface area contributed by atoms with Crippen LogP contribution in [0.15, 0.2) is 0 Å². The molecule has 2 unspecified atom stereocenters. The van der Waals surface area contributed by atoms with E-state index in [0.29, 0.717) is 12.3 Å². The standard InChI is InChI=1S/C12H21N3O/c1-4-7-15-9-10(2)8-14(3)11(5-6-13)12(15)16/h10-11H,4-5,7-9H2,1-3H3. The Morgan fingerprint density at radius 3 is 2.75 bits per heavy atom. The van der Waals surface area contributed by atoms with Gasteiger partial charge in [0.2, 0.25) is 5.91 Å². The molecule has 1 fully saturated rings. The third-order valence-corrected chi connectivity index (χ3v) is 3.04. The molecule has 1 aliphatic heterocycles. The van der Waals surface area contributed by atoms with E-state index < -0.39 is 0 Å². The fraction of sp³-hybridized carbons (Fsp3) is 0.833. The lowest BCUT2D eigenvalue weighted by atomic mass is 10.1. The molecule has 16 heavy (non-hydrogen) atoms. The molecule has 0 aromatic carbocycles. The van der Waals surface area contributed by atoms with Gasteiger partial charge in [-0.05, 0) is 19.4 Å². The van der Waals surface area contributed by atoms with Crippen molar-refractivity contribution in [2.24, 2.45) is 5.92 Å². The van der Waals surface area contributed by atoms with Crippen LogP contribution in [0.3, 0.4) is 0 Å². The Hall–Kier alpha value is -1.08. The molecular formula is C12H21N3O. The Balaban J connectivity index is 2.82. The highest BCUT2D eigenvalue weighted by molar-refractivity contribution is 5.82. The van der Waals surface area contributed by atoms with Gasteiger partial charge >= 0.3 is 0 Å². The number of carbonyl (C=O) groups is 1. The number of hydrogen-bond acceptors (Lipinski definition) is 3. The Labute approximate surface area is 97.8 Å². The first-order valence-electron chi connectivity index (χ1n) is 5.96. The molecule has 0 spiro atoms. The Kier molecular flexibility index (Phi) is 4.75.